The smallest absolute Gasteiger partial charge is 0.258 e. The van der Waals surface area contributed by atoms with Crippen molar-refractivity contribution in [2.45, 2.75) is 6.42 Å². The molecule has 0 unspecified atom stereocenters. The molecule has 0 aromatic heterocycles. The monoisotopic (exact) mass is 278 g/mol. The zero-order chi connectivity index (χ0) is 12.0. The molecule has 0 saturated heterocycles. The highest BCUT2D eigenvalue weighted by atomic mass is 79.9. The topological polar surface area (TPSA) is 66.9 Å². The van der Waals surface area contributed by atoms with Crippen molar-refractivity contribution in [1.29, 1.82) is 5.26 Å². The molecule has 0 aliphatic heterocycles. The Balaban J connectivity index is 3.10. The van der Waals surface area contributed by atoms with Gasteiger partial charge < -0.3 is 0 Å². The number of rotatable bonds is 2. The van der Waals surface area contributed by atoms with E-state index in [9.17, 15) is 10.1 Å². The van der Waals surface area contributed by atoms with E-state index in [1.807, 2.05) is 6.07 Å². The molecule has 0 spiro atoms. The zero-order valence-corrected chi connectivity index (χ0v) is 9.82. The minimum absolute atomic E-state index is 0.0948. The molecule has 0 aliphatic rings. The lowest BCUT2D eigenvalue weighted by atomic mass is 10.1. The molecule has 16 heavy (non-hydrogen) atoms. The van der Waals surface area contributed by atoms with E-state index in [-0.39, 0.29) is 11.3 Å². The highest BCUT2D eigenvalue weighted by Gasteiger charge is 2.08. The van der Waals surface area contributed by atoms with Crippen molar-refractivity contribution in [2.75, 3.05) is 5.33 Å². The Bertz CT molecular complexity index is 509. The number of nitro benzene ring substituents is 1. The molecular weight excluding hydrogens is 272 g/mol. The quantitative estimate of drug-likeness (QED) is 0.361. The van der Waals surface area contributed by atoms with Crippen LogP contribution in [0.4, 0.5) is 5.69 Å². The second-order valence-corrected chi connectivity index (χ2v) is 3.63. The molecule has 80 valence electrons. The number of nitriles is 1. The fourth-order valence-corrected chi connectivity index (χ4v) is 1.25. The maximum Gasteiger partial charge on any atom is 0.270 e. The van der Waals surface area contributed by atoms with Gasteiger partial charge in [0.05, 0.1) is 10.5 Å². The first-order valence-corrected chi connectivity index (χ1v) is 5.54. The van der Waals surface area contributed by atoms with Crippen LogP contribution >= 0.6 is 15.9 Å². The molecule has 0 heterocycles. The van der Waals surface area contributed by atoms with E-state index in [1.165, 1.54) is 18.2 Å². The summed E-state index contributed by atoms with van der Waals surface area (Å²) < 4.78 is 0. The van der Waals surface area contributed by atoms with Crippen LogP contribution in [0.15, 0.2) is 18.2 Å². The third-order valence-electron chi connectivity index (χ3n) is 1.78. The van der Waals surface area contributed by atoms with Crippen LogP contribution in [0.3, 0.4) is 0 Å². The third-order valence-corrected chi connectivity index (χ3v) is 2.17. The summed E-state index contributed by atoms with van der Waals surface area (Å²) in [5.74, 6) is 5.66. The first-order chi connectivity index (χ1) is 7.69. The lowest BCUT2D eigenvalue weighted by Gasteiger charge is -1.95. The van der Waals surface area contributed by atoms with Gasteiger partial charge in [0.25, 0.3) is 5.69 Å². The maximum atomic E-state index is 10.5. The first-order valence-electron chi connectivity index (χ1n) is 4.42. The Morgan fingerprint density at radius 1 is 1.44 bits per heavy atom. The number of alkyl halides is 1. The first kappa shape index (κ1) is 12.2. The number of nitro groups is 1. The van der Waals surface area contributed by atoms with E-state index >= 15 is 0 Å². The van der Waals surface area contributed by atoms with Gasteiger partial charge in [-0.15, -0.1) is 0 Å². The number of hydrogen-bond donors (Lipinski definition) is 0. The lowest BCUT2D eigenvalue weighted by molar-refractivity contribution is -0.384. The summed E-state index contributed by atoms with van der Waals surface area (Å²) in [6.45, 7) is 0. The number of halogens is 1. The van der Waals surface area contributed by atoms with Gasteiger partial charge in [0, 0.05) is 29.4 Å². The summed E-state index contributed by atoms with van der Waals surface area (Å²) in [5, 5.41) is 20.1. The molecule has 4 nitrogen and oxygen atoms in total. The van der Waals surface area contributed by atoms with Crippen LogP contribution in [0, 0.1) is 33.3 Å². The molecule has 0 amide bonds. The molecule has 0 atom stereocenters. The van der Waals surface area contributed by atoms with Crippen molar-refractivity contribution in [3.8, 4) is 17.9 Å². The van der Waals surface area contributed by atoms with Crippen molar-refractivity contribution in [1.82, 2.24) is 0 Å². The van der Waals surface area contributed by atoms with Crippen LogP contribution < -0.4 is 0 Å². The van der Waals surface area contributed by atoms with Crippen LogP contribution in [0.25, 0.3) is 0 Å². The summed E-state index contributed by atoms with van der Waals surface area (Å²) in [7, 11) is 0. The fourth-order valence-electron chi connectivity index (χ4n) is 1.05. The SMILES string of the molecule is N#Cc1cc([N+](=O)[O-])ccc1C#CCCBr. The van der Waals surface area contributed by atoms with Gasteiger partial charge in [-0.1, -0.05) is 27.8 Å². The third kappa shape index (κ3) is 3.08. The van der Waals surface area contributed by atoms with Crippen molar-refractivity contribution in [3.05, 3.63) is 39.4 Å². The minimum atomic E-state index is -0.531. The predicted molar refractivity (Wildman–Crippen MR) is 63.1 cm³/mol. The van der Waals surface area contributed by atoms with E-state index in [4.69, 9.17) is 5.26 Å². The summed E-state index contributed by atoms with van der Waals surface area (Å²) >= 11 is 3.23. The van der Waals surface area contributed by atoms with E-state index in [2.05, 4.69) is 27.8 Å². The fraction of sp³-hybridized carbons (Fsp3) is 0.182. The average molecular weight is 279 g/mol. The minimum Gasteiger partial charge on any atom is -0.258 e. The second-order valence-electron chi connectivity index (χ2n) is 2.84. The van der Waals surface area contributed by atoms with Crippen molar-refractivity contribution < 1.29 is 4.92 Å². The van der Waals surface area contributed by atoms with Crippen molar-refractivity contribution in [3.63, 3.8) is 0 Å². The van der Waals surface area contributed by atoms with Gasteiger partial charge in [0.15, 0.2) is 0 Å². The second kappa shape index (κ2) is 5.89. The Hall–Kier alpha value is -1.85. The molecule has 1 rings (SSSR count). The number of benzene rings is 1. The Morgan fingerprint density at radius 2 is 2.19 bits per heavy atom. The summed E-state index contributed by atoms with van der Waals surface area (Å²) in [4.78, 5) is 9.96. The van der Waals surface area contributed by atoms with E-state index in [0.29, 0.717) is 12.0 Å². The molecule has 0 N–H and O–H groups in total. The normalized spacial score (nSPS) is 8.75. The Labute approximate surface area is 101 Å². The molecule has 0 fully saturated rings. The predicted octanol–water partition coefficient (Wildman–Crippen LogP) is 2.60. The van der Waals surface area contributed by atoms with E-state index < -0.39 is 4.92 Å². The summed E-state index contributed by atoms with van der Waals surface area (Å²) in [5.41, 5.74) is 0.660. The molecule has 0 radical (unpaired) electrons. The Kier molecular flexibility index (Phi) is 4.50. The zero-order valence-electron chi connectivity index (χ0n) is 8.24. The van der Waals surface area contributed by atoms with Crippen molar-refractivity contribution in [2.24, 2.45) is 0 Å². The number of non-ortho nitro benzene ring substituents is 1. The summed E-state index contributed by atoms with van der Waals surface area (Å²) in [6, 6.07) is 5.98. The van der Waals surface area contributed by atoms with Crippen LogP contribution in [0.1, 0.15) is 17.5 Å². The molecule has 1 aromatic carbocycles. The number of nitrogens with zero attached hydrogens (tertiary/aromatic N) is 2. The van der Waals surface area contributed by atoms with Gasteiger partial charge in [0.2, 0.25) is 0 Å². The van der Waals surface area contributed by atoms with Gasteiger partial charge in [-0.2, -0.15) is 5.26 Å². The standard InChI is InChI=1S/C11H7BrN2O2/c12-6-2-1-3-9-4-5-11(14(15)16)7-10(9)8-13/h4-5,7H,2,6H2. The van der Waals surface area contributed by atoms with Gasteiger partial charge >= 0.3 is 0 Å². The average Bonchev–Trinajstić information content (AvgIpc) is 2.29. The van der Waals surface area contributed by atoms with Crippen molar-refractivity contribution >= 4 is 21.6 Å². The van der Waals surface area contributed by atoms with Crippen LogP contribution in [-0.2, 0) is 0 Å². The van der Waals surface area contributed by atoms with Gasteiger partial charge in [-0.05, 0) is 6.07 Å². The highest BCUT2D eigenvalue weighted by Crippen LogP contribution is 2.16. The van der Waals surface area contributed by atoms with Crippen LogP contribution in [0.5, 0.6) is 0 Å². The maximum absolute atomic E-state index is 10.5. The molecular formula is C11H7BrN2O2. The van der Waals surface area contributed by atoms with Crippen LogP contribution in [-0.4, -0.2) is 10.3 Å². The lowest BCUT2D eigenvalue weighted by Crippen LogP contribution is -1.91. The van der Waals surface area contributed by atoms with Crippen LogP contribution in [0.2, 0.25) is 0 Å². The Morgan fingerprint density at radius 3 is 2.75 bits per heavy atom. The molecule has 5 heteroatoms. The molecule has 0 aliphatic carbocycles. The van der Waals surface area contributed by atoms with Gasteiger partial charge in [0.1, 0.15) is 6.07 Å². The number of hydrogen-bond acceptors (Lipinski definition) is 3. The van der Waals surface area contributed by atoms with E-state index in [1.54, 1.807) is 0 Å². The molecule has 1 aromatic rings. The molecule has 0 saturated carbocycles. The largest absolute Gasteiger partial charge is 0.270 e. The van der Waals surface area contributed by atoms with E-state index in [0.717, 1.165) is 5.33 Å². The molecule has 0 bridgehead atoms. The van der Waals surface area contributed by atoms with Gasteiger partial charge in [-0.25, -0.2) is 0 Å². The summed E-state index contributed by atoms with van der Waals surface area (Å²) in [6.07, 6.45) is 0.669. The van der Waals surface area contributed by atoms with Gasteiger partial charge in [-0.3, -0.25) is 10.1 Å². The highest BCUT2D eigenvalue weighted by molar-refractivity contribution is 9.09.